The molecular formula is C23H37N3O2. The van der Waals surface area contributed by atoms with Gasteiger partial charge in [0.15, 0.2) is 0 Å². The van der Waals surface area contributed by atoms with E-state index in [1.165, 1.54) is 0 Å². The van der Waals surface area contributed by atoms with Crippen LogP contribution >= 0.6 is 0 Å². The summed E-state index contributed by atoms with van der Waals surface area (Å²) in [5.41, 5.74) is 6.25. The van der Waals surface area contributed by atoms with Gasteiger partial charge in [-0.2, -0.15) is 5.10 Å². The minimum atomic E-state index is -0.216. The van der Waals surface area contributed by atoms with Gasteiger partial charge < -0.3 is 15.8 Å². The van der Waals surface area contributed by atoms with E-state index >= 15 is 0 Å². The highest BCUT2D eigenvalue weighted by molar-refractivity contribution is 6.11. The summed E-state index contributed by atoms with van der Waals surface area (Å²) < 4.78 is 0. The largest absolute Gasteiger partial charge is 0.396 e. The summed E-state index contributed by atoms with van der Waals surface area (Å²) in [5.74, 6) is 0.790. The third-order valence-corrected chi connectivity index (χ3v) is 5.14. The molecule has 1 aliphatic heterocycles. The lowest BCUT2D eigenvalue weighted by molar-refractivity contribution is -0.118. The molecule has 0 radical (unpaired) electrons. The van der Waals surface area contributed by atoms with Crippen molar-refractivity contribution in [2.24, 2.45) is 22.9 Å². The minimum Gasteiger partial charge on any atom is -0.396 e. The first kappa shape index (κ1) is 22.4. The van der Waals surface area contributed by atoms with E-state index in [4.69, 9.17) is 5.11 Å². The van der Waals surface area contributed by atoms with Crippen molar-refractivity contribution < 1.29 is 9.90 Å². The molecule has 0 spiro atoms. The van der Waals surface area contributed by atoms with Crippen molar-refractivity contribution in [3.05, 3.63) is 29.8 Å². The molecule has 0 bridgehead atoms. The van der Waals surface area contributed by atoms with Gasteiger partial charge in [-0.25, -0.2) is 0 Å². The summed E-state index contributed by atoms with van der Waals surface area (Å²) in [4.78, 5) is 13.3. The van der Waals surface area contributed by atoms with Crippen molar-refractivity contribution >= 4 is 17.3 Å². The van der Waals surface area contributed by atoms with Crippen LogP contribution in [0.2, 0.25) is 0 Å². The van der Waals surface area contributed by atoms with E-state index in [0.717, 1.165) is 55.5 Å². The van der Waals surface area contributed by atoms with Gasteiger partial charge in [-0.15, -0.1) is 0 Å². The molecule has 0 saturated heterocycles. The van der Waals surface area contributed by atoms with Crippen molar-refractivity contribution in [3.8, 4) is 0 Å². The van der Waals surface area contributed by atoms with E-state index in [1.54, 1.807) is 0 Å². The third-order valence-electron chi connectivity index (χ3n) is 5.14. The highest BCUT2D eigenvalue weighted by Gasteiger charge is 2.37. The van der Waals surface area contributed by atoms with Gasteiger partial charge in [0.1, 0.15) is 5.92 Å². The number of hydrogen-bond acceptors (Lipinski definition) is 4. The predicted octanol–water partition coefficient (Wildman–Crippen LogP) is 4.37. The van der Waals surface area contributed by atoms with Crippen LogP contribution in [-0.2, 0) is 11.2 Å². The number of aryl methyl sites for hydroxylation is 1. The number of nitrogens with zero attached hydrogens (tertiary/aromatic N) is 1. The van der Waals surface area contributed by atoms with Crippen molar-refractivity contribution in [2.75, 3.05) is 11.9 Å². The van der Waals surface area contributed by atoms with Crippen LogP contribution in [0.25, 0.3) is 0 Å². The van der Waals surface area contributed by atoms with Crippen LogP contribution in [0.4, 0.5) is 5.69 Å². The molecule has 0 aromatic heterocycles. The van der Waals surface area contributed by atoms with Crippen LogP contribution in [-0.4, -0.2) is 29.4 Å². The summed E-state index contributed by atoms with van der Waals surface area (Å²) in [6, 6.07) is 8.11. The second kappa shape index (κ2) is 11.2. The standard InChI is InChI=1S/C23H37N3O2/c1-16(2)14-20-22(21(26-25-20)15-17(3)4)23(28)24-19-12-8-7-11-18(19)10-6-5-9-13-27/h7-8,11-12,16-17,20,22,25,27H,5-6,9-10,13-15H2,1-4H3,(H,24,28). The van der Waals surface area contributed by atoms with E-state index in [-0.39, 0.29) is 24.5 Å². The second-order valence-electron chi connectivity index (χ2n) is 8.72. The lowest BCUT2D eigenvalue weighted by Gasteiger charge is -2.23. The van der Waals surface area contributed by atoms with Crippen LogP contribution in [0.1, 0.15) is 65.4 Å². The molecule has 1 aromatic carbocycles. The fourth-order valence-electron chi connectivity index (χ4n) is 3.84. The molecule has 0 saturated carbocycles. The summed E-state index contributed by atoms with van der Waals surface area (Å²) in [6.45, 7) is 8.92. The predicted molar refractivity (Wildman–Crippen MR) is 116 cm³/mol. The van der Waals surface area contributed by atoms with Crippen LogP contribution in [0, 0.1) is 17.8 Å². The van der Waals surface area contributed by atoms with Crippen molar-refractivity contribution in [1.82, 2.24) is 5.43 Å². The number of carbonyl (C=O) groups excluding carboxylic acids is 1. The molecule has 1 amide bonds. The maximum absolute atomic E-state index is 13.3. The molecule has 28 heavy (non-hydrogen) atoms. The number of hydrogen-bond donors (Lipinski definition) is 3. The zero-order valence-electron chi connectivity index (χ0n) is 17.9. The van der Waals surface area contributed by atoms with Crippen LogP contribution in [0.15, 0.2) is 29.4 Å². The Kier molecular flexibility index (Phi) is 8.97. The first-order chi connectivity index (χ1) is 13.4. The maximum atomic E-state index is 13.3. The lowest BCUT2D eigenvalue weighted by Crippen LogP contribution is -2.40. The topological polar surface area (TPSA) is 73.7 Å². The van der Waals surface area contributed by atoms with Crippen LogP contribution in [0.5, 0.6) is 0 Å². The molecule has 5 heteroatoms. The third kappa shape index (κ3) is 6.62. The average molecular weight is 388 g/mol. The molecule has 1 aromatic rings. The Balaban J connectivity index is 2.11. The molecule has 0 aliphatic carbocycles. The number of unbranched alkanes of at least 4 members (excludes halogenated alkanes) is 2. The number of anilines is 1. The normalized spacial score (nSPS) is 19.0. The van der Waals surface area contributed by atoms with Gasteiger partial charge in [0.05, 0.1) is 11.8 Å². The fourth-order valence-corrected chi connectivity index (χ4v) is 3.84. The van der Waals surface area contributed by atoms with E-state index in [1.807, 2.05) is 18.2 Å². The number of benzene rings is 1. The van der Waals surface area contributed by atoms with Gasteiger partial charge in [0.25, 0.3) is 0 Å². The molecule has 1 aliphatic rings. The van der Waals surface area contributed by atoms with Gasteiger partial charge in [-0.3, -0.25) is 4.79 Å². The molecule has 5 nitrogen and oxygen atoms in total. The van der Waals surface area contributed by atoms with Gasteiger partial charge >= 0.3 is 0 Å². The molecule has 2 rings (SSSR count). The summed E-state index contributed by atoms with van der Waals surface area (Å²) >= 11 is 0. The molecule has 156 valence electrons. The Labute approximate surface area is 170 Å². The molecule has 1 heterocycles. The number of carbonyl (C=O) groups is 1. The molecule has 2 atom stereocenters. The quantitative estimate of drug-likeness (QED) is 0.494. The van der Waals surface area contributed by atoms with Gasteiger partial charge in [0.2, 0.25) is 5.91 Å². The fraction of sp³-hybridized carbons (Fsp3) is 0.652. The Morgan fingerprint density at radius 1 is 1.14 bits per heavy atom. The molecule has 2 unspecified atom stereocenters. The maximum Gasteiger partial charge on any atom is 0.235 e. The van der Waals surface area contributed by atoms with Crippen LogP contribution < -0.4 is 10.7 Å². The number of para-hydroxylation sites is 1. The van der Waals surface area contributed by atoms with Crippen molar-refractivity contribution in [1.29, 1.82) is 0 Å². The second-order valence-corrected chi connectivity index (χ2v) is 8.72. The van der Waals surface area contributed by atoms with Crippen molar-refractivity contribution in [2.45, 2.75) is 72.3 Å². The number of amides is 1. The van der Waals surface area contributed by atoms with Crippen molar-refractivity contribution in [3.63, 3.8) is 0 Å². The molecule has 0 fully saturated rings. The SMILES string of the molecule is CC(C)CC1=NNC(CC(C)C)C1C(=O)Nc1ccccc1CCCCCO. The van der Waals surface area contributed by atoms with Crippen LogP contribution in [0.3, 0.4) is 0 Å². The van der Waals surface area contributed by atoms with Gasteiger partial charge in [-0.05, 0) is 55.6 Å². The number of hydrazone groups is 1. The summed E-state index contributed by atoms with van der Waals surface area (Å²) in [7, 11) is 0. The monoisotopic (exact) mass is 387 g/mol. The zero-order chi connectivity index (χ0) is 20.5. The first-order valence-electron chi connectivity index (χ1n) is 10.7. The highest BCUT2D eigenvalue weighted by atomic mass is 16.2. The van der Waals surface area contributed by atoms with Gasteiger partial charge in [0, 0.05) is 12.3 Å². The summed E-state index contributed by atoms with van der Waals surface area (Å²) in [6.07, 6.45) is 5.49. The smallest absolute Gasteiger partial charge is 0.235 e. The molecular weight excluding hydrogens is 350 g/mol. The lowest BCUT2D eigenvalue weighted by atomic mass is 9.86. The average Bonchev–Trinajstić information content (AvgIpc) is 3.00. The number of rotatable bonds is 11. The highest BCUT2D eigenvalue weighted by Crippen LogP contribution is 2.26. The summed E-state index contributed by atoms with van der Waals surface area (Å²) in [5, 5.41) is 16.7. The minimum absolute atomic E-state index is 0.0397. The van der Waals surface area contributed by atoms with Gasteiger partial charge in [-0.1, -0.05) is 52.3 Å². The Bertz CT molecular complexity index is 655. The first-order valence-corrected chi connectivity index (χ1v) is 10.7. The number of nitrogens with one attached hydrogen (secondary N) is 2. The zero-order valence-corrected chi connectivity index (χ0v) is 17.9. The Hall–Kier alpha value is -1.88. The Morgan fingerprint density at radius 3 is 2.57 bits per heavy atom. The van der Waals surface area contributed by atoms with E-state index < -0.39 is 0 Å². The Morgan fingerprint density at radius 2 is 1.89 bits per heavy atom. The number of aliphatic hydroxyl groups excluding tert-OH is 1. The number of aliphatic hydroxyl groups is 1. The molecule has 3 N–H and O–H groups in total. The van der Waals surface area contributed by atoms with E-state index in [9.17, 15) is 4.79 Å². The van der Waals surface area contributed by atoms with E-state index in [2.05, 4.69) is 49.6 Å². The van der Waals surface area contributed by atoms with E-state index in [0.29, 0.717) is 11.8 Å².